The van der Waals surface area contributed by atoms with E-state index < -0.39 is 0 Å². The van der Waals surface area contributed by atoms with Crippen LogP contribution in [-0.2, 0) is 5.75 Å². The maximum absolute atomic E-state index is 8.88. The van der Waals surface area contributed by atoms with Gasteiger partial charge in [-0.3, -0.25) is 0 Å². The molecule has 1 heterocycles. The van der Waals surface area contributed by atoms with Gasteiger partial charge in [0.1, 0.15) is 0 Å². The Kier molecular flexibility index (Phi) is 5.81. The minimum absolute atomic E-state index is 0.232. The smallest absolute Gasteiger partial charge is 0.0555 e. The SMILES string of the molecule is CC(CO)SCc1cc(C#CCN)cs1. The van der Waals surface area contributed by atoms with Gasteiger partial charge in [0, 0.05) is 26.8 Å². The van der Waals surface area contributed by atoms with Gasteiger partial charge < -0.3 is 10.8 Å². The van der Waals surface area contributed by atoms with Gasteiger partial charge in [-0.2, -0.15) is 11.8 Å². The van der Waals surface area contributed by atoms with Crippen molar-refractivity contribution in [3.8, 4) is 11.8 Å². The molecule has 82 valence electrons. The fraction of sp³-hybridized carbons (Fsp3) is 0.455. The average Bonchev–Trinajstić information content (AvgIpc) is 2.71. The van der Waals surface area contributed by atoms with Crippen molar-refractivity contribution < 1.29 is 5.11 Å². The van der Waals surface area contributed by atoms with Gasteiger partial charge in [-0.15, -0.1) is 11.3 Å². The molecule has 1 aromatic heterocycles. The van der Waals surface area contributed by atoms with Crippen LogP contribution in [0.3, 0.4) is 0 Å². The number of nitrogens with two attached hydrogens (primary N) is 1. The third-order valence-corrected chi connectivity index (χ3v) is 4.07. The first-order valence-corrected chi connectivity index (χ1v) is 6.68. The number of rotatable bonds is 4. The van der Waals surface area contributed by atoms with Gasteiger partial charge in [0.05, 0.1) is 13.2 Å². The fourth-order valence-electron chi connectivity index (χ4n) is 0.952. The van der Waals surface area contributed by atoms with E-state index in [1.54, 1.807) is 23.1 Å². The van der Waals surface area contributed by atoms with E-state index in [4.69, 9.17) is 10.8 Å². The highest BCUT2D eigenvalue weighted by Gasteiger charge is 2.03. The lowest BCUT2D eigenvalue weighted by molar-refractivity contribution is 0.300. The summed E-state index contributed by atoms with van der Waals surface area (Å²) in [4.78, 5) is 1.29. The monoisotopic (exact) mass is 241 g/mol. The van der Waals surface area contributed by atoms with Crippen molar-refractivity contribution in [1.82, 2.24) is 0 Å². The molecule has 1 aromatic rings. The lowest BCUT2D eigenvalue weighted by Gasteiger charge is -2.04. The average molecular weight is 241 g/mol. The van der Waals surface area contributed by atoms with Crippen molar-refractivity contribution in [3.05, 3.63) is 21.9 Å². The zero-order valence-electron chi connectivity index (χ0n) is 8.69. The molecule has 0 aliphatic carbocycles. The zero-order valence-corrected chi connectivity index (χ0v) is 10.3. The van der Waals surface area contributed by atoms with E-state index >= 15 is 0 Å². The van der Waals surface area contributed by atoms with Crippen LogP contribution in [0.5, 0.6) is 0 Å². The van der Waals surface area contributed by atoms with E-state index in [9.17, 15) is 0 Å². The van der Waals surface area contributed by atoms with Crippen molar-refractivity contribution in [2.75, 3.05) is 13.2 Å². The third-order valence-electron chi connectivity index (χ3n) is 1.76. The van der Waals surface area contributed by atoms with Crippen LogP contribution in [0.15, 0.2) is 11.4 Å². The summed E-state index contributed by atoms with van der Waals surface area (Å²) in [5.74, 6) is 6.78. The minimum Gasteiger partial charge on any atom is -0.395 e. The molecule has 3 N–H and O–H groups in total. The lowest BCUT2D eigenvalue weighted by atomic mass is 10.3. The molecule has 2 nitrogen and oxygen atoms in total. The Balaban J connectivity index is 2.46. The summed E-state index contributed by atoms with van der Waals surface area (Å²) >= 11 is 3.46. The van der Waals surface area contributed by atoms with Gasteiger partial charge in [-0.1, -0.05) is 18.8 Å². The van der Waals surface area contributed by atoms with Crippen molar-refractivity contribution in [3.63, 3.8) is 0 Å². The molecule has 0 aromatic carbocycles. The van der Waals surface area contributed by atoms with Crippen LogP contribution in [0, 0.1) is 11.8 Å². The van der Waals surface area contributed by atoms with Gasteiger partial charge in [0.15, 0.2) is 0 Å². The van der Waals surface area contributed by atoms with Gasteiger partial charge in [0.2, 0.25) is 0 Å². The summed E-state index contributed by atoms with van der Waals surface area (Å²) in [7, 11) is 0. The van der Waals surface area contributed by atoms with Crippen molar-refractivity contribution in [2.45, 2.75) is 17.9 Å². The predicted molar refractivity (Wildman–Crippen MR) is 68.1 cm³/mol. The van der Waals surface area contributed by atoms with Crippen LogP contribution in [0.4, 0.5) is 0 Å². The Morgan fingerprint density at radius 1 is 1.67 bits per heavy atom. The van der Waals surface area contributed by atoms with Gasteiger partial charge in [-0.25, -0.2) is 0 Å². The highest BCUT2D eigenvalue weighted by atomic mass is 32.2. The number of thioether (sulfide) groups is 1. The normalized spacial score (nSPS) is 11.9. The molecule has 0 aliphatic rings. The Bertz CT molecular complexity index is 351. The molecular weight excluding hydrogens is 226 g/mol. The molecule has 0 radical (unpaired) electrons. The molecule has 1 rings (SSSR count). The highest BCUT2D eigenvalue weighted by Crippen LogP contribution is 2.22. The maximum Gasteiger partial charge on any atom is 0.0555 e. The molecule has 1 atom stereocenters. The van der Waals surface area contributed by atoms with Crippen LogP contribution in [0.1, 0.15) is 17.4 Å². The molecule has 1 unspecified atom stereocenters. The van der Waals surface area contributed by atoms with E-state index in [-0.39, 0.29) is 6.61 Å². The van der Waals surface area contributed by atoms with E-state index in [0.29, 0.717) is 11.8 Å². The molecule has 0 aliphatic heterocycles. The number of aliphatic hydroxyl groups is 1. The summed E-state index contributed by atoms with van der Waals surface area (Å²) in [6.07, 6.45) is 0. The van der Waals surface area contributed by atoms with Crippen molar-refractivity contribution in [2.24, 2.45) is 5.73 Å². The Hall–Kier alpha value is -0.470. The molecule has 4 heteroatoms. The maximum atomic E-state index is 8.88. The number of hydrogen-bond acceptors (Lipinski definition) is 4. The van der Waals surface area contributed by atoms with Gasteiger partial charge in [-0.05, 0) is 6.07 Å². The Labute approximate surface area is 98.9 Å². The first-order chi connectivity index (χ1) is 7.26. The van der Waals surface area contributed by atoms with Crippen molar-refractivity contribution >= 4 is 23.1 Å². The second-order valence-corrected chi connectivity index (χ2v) is 5.53. The van der Waals surface area contributed by atoms with E-state index in [1.807, 2.05) is 12.3 Å². The molecule has 0 fully saturated rings. The molecule has 0 bridgehead atoms. The third kappa shape index (κ3) is 4.72. The number of aliphatic hydroxyl groups excluding tert-OH is 1. The minimum atomic E-state index is 0.232. The summed E-state index contributed by atoms with van der Waals surface area (Å²) in [6, 6.07) is 2.09. The van der Waals surface area contributed by atoms with Crippen molar-refractivity contribution in [1.29, 1.82) is 0 Å². The molecular formula is C11H15NOS2. The fourth-order valence-corrected chi connectivity index (χ4v) is 2.67. The highest BCUT2D eigenvalue weighted by molar-refractivity contribution is 7.99. The summed E-state index contributed by atoms with van der Waals surface area (Å²) < 4.78 is 0. The van der Waals surface area contributed by atoms with Crippen LogP contribution >= 0.6 is 23.1 Å². The molecule has 0 saturated carbocycles. The van der Waals surface area contributed by atoms with E-state index in [0.717, 1.165) is 11.3 Å². The van der Waals surface area contributed by atoms with E-state index in [2.05, 4.69) is 17.9 Å². The molecule has 0 saturated heterocycles. The van der Waals surface area contributed by atoms with Gasteiger partial charge in [0.25, 0.3) is 0 Å². The zero-order chi connectivity index (χ0) is 11.1. The second kappa shape index (κ2) is 6.91. The van der Waals surface area contributed by atoms with E-state index in [1.165, 1.54) is 4.88 Å². The predicted octanol–water partition coefficient (Wildman–Crippen LogP) is 1.67. The van der Waals surface area contributed by atoms with Crippen LogP contribution in [0.25, 0.3) is 0 Å². The first-order valence-electron chi connectivity index (χ1n) is 4.75. The first kappa shape index (κ1) is 12.6. The van der Waals surface area contributed by atoms with Crippen LogP contribution in [-0.4, -0.2) is 23.5 Å². The Morgan fingerprint density at radius 3 is 3.13 bits per heavy atom. The quantitative estimate of drug-likeness (QED) is 0.788. The summed E-state index contributed by atoms with van der Waals surface area (Å²) in [5, 5.41) is 11.2. The van der Waals surface area contributed by atoms with Gasteiger partial charge >= 0.3 is 0 Å². The van der Waals surface area contributed by atoms with Crippen LogP contribution < -0.4 is 5.73 Å². The summed E-state index contributed by atoms with van der Waals surface area (Å²) in [6.45, 7) is 2.66. The lowest BCUT2D eigenvalue weighted by Crippen LogP contribution is -2.01. The molecule has 15 heavy (non-hydrogen) atoms. The second-order valence-electron chi connectivity index (χ2n) is 3.11. The Morgan fingerprint density at radius 2 is 2.47 bits per heavy atom. The standard InChI is InChI=1S/C11H15NOS2/c1-9(6-13)14-8-11-5-10(7-15-11)3-2-4-12/h5,7,9,13H,4,6,8,12H2,1H3. The van der Waals surface area contributed by atoms with Crippen LogP contribution in [0.2, 0.25) is 0 Å². The molecule has 0 amide bonds. The topological polar surface area (TPSA) is 46.2 Å². The number of hydrogen-bond donors (Lipinski definition) is 2. The largest absolute Gasteiger partial charge is 0.395 e. The summed E-state index contributed by atoms with van der Waals surface area (Å²) in [5.41, 5.74) is 6.34. The molecule has 0 spiro atoms. The number of thiophene rings is 1.